The third kappa shape index (κ3) is 7.25. The van der Waals surface area contributed by atoms with Gasteiger partial charge in [0.2, 0.25) is 5.89 Å². The van der Waals surface area contributed by atoms with E-state index in [9.17, 15) is 28.2 Å². The Morgan fingerprint density at radius 1 is 0.982 bits per heavy atom. The Morgan fingerprint density at radius 3 is 2.53 bits per heavy atom. The number of likely N-dealkylation sites (tertiary alicyclic amines) is 2. The van der Waals surface area contributed by atoms with Crippen molar-refractivity contribution < 1.29 is 37.3 Å². The van der Waals surface area contributed by atoms with Crippen molar-refractivity contribution >= 4 is 62.7 Å². The van der Waals surface area contributed by atoms with E-state index in [0.29, 0.717) is 95.3 Å². The van der Waals surface area contributed by atoms with Gasteiger partial charge in [-0.1, -0.05) is 47.5 Å². The first-order chi connectivity index (χ1) is 27.4. The predicted octanol–water partition coefficient (Wildman–Crippen LogP) is 9.01. The molecule has 0 bridgehead atoms. The van der Waals surface area contributed by atoms with Gasteiger partial charge in [-0.2, -0.15) is 0 Å². The van der Waals surface area contributed by atoms with Gasteiger partial charge in [-0.25, -0.2) is 9.97 Å². The molecule has 0 saturated carbocycles. The number of anilines is 2. The summed E-state index contributed by atoms with van der Waals surface area (Å²) in [6.07, 6.45) is 0.221. The van der Waals surface area contributed by atoms with Crippen molar-refractivity contribution in [2.24, 2.45) is 5.92 Å². The Hall–Kier alpha value is -4.99. The Morgan fingerprint density at radius 2 is 1.77 bits per heavy atom. The van der Waals surface area contributed by atoms with Crippen LogP contribution in [0.2, 0.25) is 10.0 Å². The number of hydrogen-bond acceptors (Lipinski definition) is 10. The molecule has 3 atom stereocenters. The highest BCUT2D eigenvalue weighted by molar-refractivity contribution is 6.39. The van der Waals surface area contributed by atoms with Crippen molar-refractivity contribution in [3.05, 3.63) is 93.7 Å². The number of ether oxygens (including phenoxy) is 1. The summed E-state index contributed by atoms with van der Waals surface area (Å²) in [6.45, 7) is 2.97. The number of hydrogen-bond donors (Lipinski definition) is 3. The van der Waals surface area contributed by atoms with Gasteiger partial charge in [0, 0.05) is 66.7 Å². The second-order valence-corrected chi connectivity index (χ2v) is 15.5. The molecule has 3 aliphatic rings. The van der Waals surface area contributed by atoms with Crippen LogP contribution in [0.1, 0.15) is 42.0 Å². The first kappa shape index (κ1) is 37.6. The highest BCUT2D eigenvalue weighted by Gasteiger charge is 2.41. The number of aliphatic carboxylic acids is 1. The molecule has 5 heterocycles. The lowest BCUT2D eigenvalue weighted by molar-refractivity contribution is -0.274. The van der Waals surface area contributed by atoms with Crippen LogP contribution < -0.4 is 10.1 Å². The van der Waals surface area contributed by atoms with Gasteiger partial charge >= 0.3 is 12.3 Å². The quantitative estimate of drug-likeness (QED) is 0.129. The fourth-order valence-electron chi connectivity index (χ4n) is 8.44. The number of benzene rings is 3. The Labute approximate surface area is 334 Å². The maximum Gasteiger partial charge on any atom is 0.573 e. The number of aliphatic hydroxyl groups excluding tert-OH is 1. The highest BCUT2D eigenvalue weighted by atomic mass is 35.5. The van der Waals surface area contributed by atoms with Crippen LogP contribution >= 0.6 is 23.2 Å². The number of aliphatic hydroxyl groups is 1. The lowest BCUT2D eigenvalue weighted by Crippen LogP contribution is -2.26. The van der Waals surface area contributed by atoms with Gasteiger partial charge in [-0.05, 0) is 73.7 Å². The number of carbonyl (C=O) groups is 1. The lowest BCUT2D eigenvalue weighted by Gasteiger charge is -2.24. The van der Waals surface area contributed by atoms with Crippen LogP contribution in [0.3, 0.4) is 0 Å². The third-order valence-electron chi connectivity index (χ3n) is 11.1. The summed E-state index contributed by atoms with van der Waals surface area (Å²) >= 11 is 14.1. The minimum Gasteiger partial charge on any atom is -0.481 e. The van der Waals surface area contributed by atoms with E-state index in [2.05, 4.69) is 31.0 Å². The third-order valence-corrected chi connectivity index (χ3v) is 11.9. The van der Waals surface area contributed by atoms with E-state index >= 15 is 0 Å². The van der Waals surface area contributed by atoms with E-state index in [0.717, 1.165) is 23.9 Å². The number of nitrogens with one attached hydrogen (secondary N) is 1. The molecule has 3 aromatic heterocycles. The number of oxazole rings is 1. The fraction of sp³-hybridized carbons (Fsp3) is 0.317. The molecule has 6 aromatic rings. The Balaban J connectivity index is 1.03. The second kappa shape index (κ2) is 14.7. The van der Waals surface area contributed by atoms with Crippen LogP contribution in [0.15, 0.2) is 71.4 Å². The zero-order chi connectivity index (χ0) is 39.6. The van der Waals surface area contributed by atoms with Crippen LogP contribution in [-0.4, -0.2) is 79.6 Å². The maximum atomic E-state index is 13.9. The van der Waals surface area contributed by atoms with E-state index < -0.39 is 24.0 Å². The summed E-state index contributed by atoms with van der Waals surface area (Å²) in [5, 5.41) is 24.2. The van der Waals surface area contributed by atoms with Crippen molar-refractivity contribution in [2.75, 3.05) is 31.5 Å². The normalized spacial score (nSPS) is 20.1. The second-order valence-electron chi connectivity index (χ2n) is 14.8. The van der Waals surface area contributed by atoms with E-state index in [1.807, 2.05) is 23.2 Å². The number of fused-ring (bicyclic) bond motifs is 3. The number of rotatable bonds is 9. The van der Waals surface area contributed by atoms with Gasteiger partial charge in [0.05, 0.1) is 33.3 Å². The SMILES string of the molecule is O=C(O)[C@@H]1CCN([C@@H]2CCc3c2cc2nc(-c4cccc(-c5cccc(Nc6nccc7cc(CN8CC[C@@H](O)C8)cnc67)c5Cl)c4Cl)oc2c3OC(F)(F)F)C1. The molecule has 11 nitrogen and oxygen atoms in total. The van der Waals surface area contributed by atoms with Gasteiger partial charge in [0.25, 0.3) is 0 Å². The Kier molecular flexibility index (Phi) is 9.72. The van der Waals surface area contributed by atoms with Crippen molar-refractivity contribution in [3.63, 3.8) is 0 Å². The van der Waals surface area contributed by atoms with Crippen molar-refractivity contribution in [3.8, 4) is 28.3 Å². The standard InChI is InChI=1S/C41H35Cl2F3N6O5/c42-33-25(26-4-2-6-30(34(26)43)49-38-35-22(9-12-47-38)15-21(17-48-35)18-51-13-11-24(53)20-51)3-1-5-28(33)39-50-31-16-29-27(36(37(31)56-39)57-41(44,45)46)7-8-32(29)52-14-10-23(19-52)40(54)55/h1-6,9,12,15-17,23-24,32,53H,7-8,10-11,13-14,18-20H2,(H,47,49)(H,54,55)/t23-,24-,32-/m1/s1. The highest BCUT2D eigenvalue weighted by Crippen LogP contribution is 2.49. The molecule has 57 heavy (non-hydrogen) atoms. The predicted molar refractivity (Wildman–Crippen MR) is 209 cm³/mol. The number of carboxylic acids is 1. The minimum absolute atomic E-state index is 0.00655. The molecule has 1 aliphatic carbocycles. The summed E-state index contributed by atoms with van der Waals surface area (Å²) in [5.41, 5.74) is 4.63. The van der Waals surface area contributed by atoms with Crippen LogP contribution in [0.5, 0.6) is 5.75 Å². The molecular formula is C41H35Cl2F3N6O5. The average Bonchev–Trinajstić information content (AvgIpc) is 3.99. The van der Waals surface area contributed by atoms with E-state index in [4.69, 9.17) is 32.6 Å². The smallest absolute Gasteiger partial charge is 0.481 e. The van der Waals surface area contributed by atoms with Gasteiger partial charge in [0.15, 0.2) is 17.2 Å². The van der Waals surface area contributed by atoms with Gasteiger partial charge in [-0.15, -0.1) is 13.2 Å². The average molecular weight is 820 g/mol. The van der Waals surface area contributed by atoms with Crippen LogP contribution in [-0.2, 0) is 17.8 Å². The van der Waals surface area contributed by atoms with Crippen molar-refractivity contribution in [1.29, 1.82) is 0 Å². The molecule has 0 amide bonds. The van der Waals surface area contributed by atoms with Gasteiger partial charge < -0.3 is 24.7 Å². The monoisotopic (exact) mass is 818 g/mol. The van der Waals surface area contributed by atoms with Crippen LogP contribution in [0, 0.1) is 5.92 Å². The molecule has 294 valence electrons. The maximum absolute atomic E-state index is 13.9. The lowest BCUT2D eigenvalue weighted by atomic mass is 10.0. The minimum atomic E-state index is -5.00. The largest absolute Gasteiger partial charge is 0.573 e. The number of pyridine rings is 2. The molecule has 3 N–H and O–H groups in total. The number of halogens is 5. The molecule has 2 saturated heterocycles. The van der Waals surface area contributed by atoms with Crippen molar-refractivity contribution in [2.45, 2.75) is 50.7 Å². The number of β-amino-alcohol motifs (C(OH)–C–C–N with tert-alkyl or cyclic N) is 1. The molecular weight excluding hydrogens is 784 g/mol. The number of carboxylic acid groups (broad SMARTS) is 1. The fourth-order valence-corrected chi connectivity index (χ4v) is 9.03. The summed E-state index contributed by atoms with van der Waals surface area (Å²) in [4.78, 5) is 29.7. The zero-order valence-corrected chi connectivity index (χ0v) is 31.7. The molecule has 3 aromatic carbocycles. The number of nitrogens with zero attached hydrogens (tertiary/aromatic N) is 5. The number of aromatic nitrogens is 3. The van der Waals surface area contributed by atoms with Crippen molar-refractivity contribution in [1.82, 2.24) is 24.8 Å². The molecule has 16 heteroatoms. The first-order valence-corrected chi connectivity index (χ1v) is 19.3. The summed E-state index contributed by atoms with van der Waals surface area (Å²) in [6, 6.07) is 16.0. The van der Waals surface area contributed by atoms with E-state index in [-0.39, 0.29) is 34.2 Å². The molecule has 0 unspecified atom stereocenters. The first-order valence-electron chi connectivity index (χ1n) is 18.6. The molecule has 9 rings (SSSR count). The topological polar surface area (TPSA) is 137 Å². The van der Waals surface area contributed by atoms with Gasteiger partial charge in [-0.3, -0.25) is 19.6 Å². The summed E-state index contributed by atoms with van der Waals surface area (Å²) in [7, 11) is 0. The van der Waals surface area contributed by atoms with Crippen LogP contribution in [0.25, 0.3) is 44.6 Å². The van der Waals surface area contributed by atoms with Gasteiger partial charge in [0.1, 0.15) is 11.0 Å². The zero-order valence-electron chi connectivity index (χ0n) is 30.2. The van der Waals surface area contributed by atoms with E-state index in [1.54, 1.807) is 42.6 Å². The van der Waals surface area contributed by atoms with Crippen LogP contribution in [0.4, 0.5) is 24.7 Å². The summed E-state index contributed by atoms with van der Waals surface area (Å²) < 4.78 is 52.3. The molecule has 2 fully saturated rings. The van der Waals surface area contributed by atoms with E-state index in [1.165, 1.54) is 0 Å². The Bertz CT molecular complexity index is 2550. The summed E-state index contributed by atoms with van der Waals surface area (Å²) in [5.74, 6) is -1.38. The molecule has 0 spiro atoms. The molecule has 0 radical (unpaired) electrons. The molecule has 2 aliphatic heterocycles. The number of alkyl halides is 3.